The van der Waals surface area contributed by atoms with Crippen LogP contribution in [0.4, 0.5) is 31.9 Å². The van der Waals surface area contributed by atoms with Gasteiger partial charge < -0.3 is 20.1 Å². The van der Waals surface area contributed by atoms with Crippen LogP contribution in [0.2, 0.25) is 0 Å². The number of nitrogens with zero attached hydrogens (tertiary/aromatic N) is 5. The van der Waals surface area contributed by atoms with Crippen LogP contribution in [0.25, 0.3) is 0 Å². The molecule has 5 rings (SSSR count). The van der Waals surface area contributed by atoms with Crippen molar-refractivity contribution in [3.8, 4) is 5.75 Å². The largest absolute Gasteiger partial charge is 0.490 e. The number of aryl methyl sites for hydroxylation is 1. The van der Waals surface area contributed by atoms with Crippen LogP contribution in [0, 0.1) is 28.7 Å². The molecule has 0 spiro atoms. The molecular weight excluding hydrogens is 632 g/mol. The lowest BCUT2D eigenvalue weighted by molar-refractivity contribution is -0.387. The molecule has 0 radical (unpaired) electrons. The third kappa shape index (κ3) is 6.99. The summed E-state index contributed by atoms with van der Waals surface area (Å²) in [7, 11) is -2.81. The van der Waals surface area contributed by atoms with Crippen molar-refractivity contribution >= 4 is 44.7 Å². The second-order valence-electron chi connectivity index (χ2n) is 10.3. The van der Waals surface area contributed by atoms with Crippen LogP contribution in [0.5, 0.6) is 5.75 Å². The van der Waals surface area contributed by atoms with E-state index in [1.54, 1.807) is 6.07 Å². The van der Waals surface area contributed by atoms with E-state index in [-0.39, 0.29) is 28.5 Å². The zero-order valence-electron chi connectivity index (χ0n) is 24.2. The Balaban J connectivity index is 1.48. The Labute approximate surface area is 261 Å². The van der Waals surface area contributed by atoms with Gasteiger partial charge in [-0.05, 0) is 56.1 Å². The van der Waals surface area contributed by atoms with E-state index in [0.29, 0.717) is 23.9 Å². The van der Waals surface area contributed by atoms with Crippen LogP contribution < -0.4 is 15.0 Å². The summed E-state index contributed by atoms with van der Waals surface area (Å²) in [6.45, 7) is 2.31. The Bertz CT molecular complexity index is 1840. The SMILES string of the molecule is COc1c(Nc2cc(C)[nH]n2)nc(Sc2ccc(S(=O)(=O)Cc3cccc([N+](=O)[O-])c3F)cc2F)nc1N1CCCCC1CO. The zero-order chi connectivity index (χ0) is 32.3. The van der Waals surface area contributed by atoms with Crippen LogP contribution in [0.15, 0.2) is 57.4 Å². The molecule has 2 aromatic carbocycles. The highest BCUT2D eigenvalue weighted by Gasteiger charge is 2.29. The summed E-state index contributed by atoms with van der Waals surface area (Å²) in [5, 5.41) is 31.3. The molecule has 1 saturated heterocycles. The Hall–Kier alpha value is -4.35. The van der Waals surface area contributed by atoms with Gasteiger partial charge in [0.05, 0.1) is 40.2 Å². The van der Waals surface area contributed by atoms with Crippen LogP contribution >= 0.6 is 11.8 Å². The maximum Gasteiger partial charge on any atom is 0.305 e. The highest BCUT2D eigenvalue weighted by Crippen LogP contribution is 2.40. The number of ether oxygens (including phenoxy) is 1. The first kappa shape index (κ1) is 32.1. The van der Waals surface area contributed by atoms with E-state index in [9.17, 15) is 28.0 Å². The summed E-state index contributed by atoms with van der Waals surface area (Å²) >= 11 is 0.841. The van der Waals surface area contributed by atoms with E-state index in [1.807, 2.05) is 11.8 Å². The van der Waals surface area contributed by atoms with Crippen molar-refractivity contribution in [2.24, 2.45) is 0 Å². The predicted octanol–water partition coefficient (Wildman–Crippen LogP) is 4.92. The fraction of sp³-hybridized carbons (Fsp3) is 0.321. The lowest BCUT2D eigenvalue weighted by Crippen LogP contribution is -2.42. The first-order chi connectivity index (χ1) is 21.5. The fourth-order valence-electron chi connectivity index (χ4n) is 4.97. The van der Waals surface area contributed by atoms with Gasteiger partial charge in [0, 0.05) is 29.9 Å². The molecular formula is C28H29F2N7O6S2. The quantitative estimate of drug-likeness (QED) is 0.112. The minimum Gasteiger partial charge on any atom is -0.490 e. The second-order valence-corrected chi connectivity index (χ2v) is 13.3. The van der Waals surface area contributed by atoms with Gasteiger partial charge in [-0.15, -0.1) is 0 Å². The molecule has 0 saturated carbocycles. The van der Waals surface area contributed by atoms with Gasteiger partial charge in [0.25, 0.3) is 0 Å². The number of halogens is 2. The first-order valence-corrected chi connectivity index (χ1v) is 16.2. The molecule has 4 aromatic rings. The number of nitrogens with one attached hydrogen (secondary N) is 2. The normalized spacial score (nSPS) is 15.2. The molecule has 1 atom stereocenters. The molecule has 3 N–H and O–H groups in total. The molecule has 0 aliphatic carbocycles. The number of nitro benzene ring substituents is 1. The lowest BCUT2D eigenvalue weighted by atomic mass is 10.0. The van der Waals surface area contributed by atoms with Gasteiger partial charge >= 0.3 is 5.69 Å². The average molecular weight is 662 g/mol. The first-order valence-electron chi connectivity index (χ1n) is 13.7. The number of anilines is 3. The van der Waals surface area contributed by atoms with Gasteiger partial charge in [-0.25, -0.2) is 22.8 Å². The number of aromatic nitrogens is 4. The molecule has 0 bridgehead atoms. The Morgan fingerprint density at radius 1 is 1.22 bits per heavy atom. The molecule has 13 nitrogen and oxygen atoms in total. The molecule has 2 aromatic heterocycles. The molecule has 1 aliphatic heterocycles. The number of H-pyrrole nitrogens is 1. The number of nitro groups is 1. The molecule has 0 amide bonds. The summed E-state index contributed by atoms with van der Waals surface area (Å²) < 4.78 is 61.7. The van der Waals surface area contributed by atoms with Gasteiger partial charge in [-0.3, -0.25) is 15.2 Å². The minimum atomic E-state index is -4.28. The topological polar surface area (TPSA) is 176 Å². The van der Waals surface area contributed by atoms with Crippen molar-refractivity contribution in [1.82, 2.24) is 20.2 Å². The van der Waals surface area contributed by atoms with Crippen LogP contribution in [0.3, 0.4) is 0 Å². The van der Waals surface area contributed by atoms with Gasteiger partial charge in [0.15, 0.2) is 32.4 Å². The third-order valence-electron chi connectivity index (χ3n) is 7.16. The standard InChI is InChI=1S/C28H29F2N7O6S2/c1-16-12-23(35-34-16)31-26-25(43-2)27(36-11-4-3-7-18(36)14-38)33-28(32-26)44-22-10-9-19(13-20(22)29)45(41,42)15-17-6-5-8-21(24(17)30)37(39)40/h5-6,8-10,12-13,18,38H,3-4,7,11,14-15H2,1-2H3,(H2,31,32,33,34,35). The van der Waals surface area contributed by atoms with Crippen LogP contribution in [-0.4, -0.2) is 64.9 Å². The number of hydrogen-bond donors (Lipinski definition) is 3. The number of sulfone groups is 1. The summed E-state index contributed by atoms with van der Waals surface area (Å²) in [4.78, 5) is 20.8. The number of hydrogen-bond acceptors (Lipinski definition) is 12. The van der Waals surface area contributed by atoms with Gasteiger partial charge in [0.1, 0.15) is 5.82 Å². The van der Waals surface area contributed by atoms with Crippen molar-refractivity contribution in [2.45, 2.75) is 52.9 Å². The highest BCUT2D eigenvalue weighted by molar-refractivity contribution is 7.99. The molecule has 1 aliphatic rings. The number of methoxy groups -OCH3 is 1. The summed E-state index contributed by atoms with van der Waals surface area (Å²) in [5.74, 6) is -1.68. The molecule has 1 fully saturated rings. The number of benzene rings is 2. The van der Waals surface area contributed by atoms with E-state index < -0.39 is 48.3 Å². The highest BCUT2D eigenvalue weighted by atomic mass is 32.2. The molecule has 238 valence electrons. The third-order valence-corrected chi connectivity index (χ3v) is 9.74. The van der Waals surface area contributed by atoms with E-state index in [1.165, 1.54) is 25.3 Å². The lowest BCUT2D eigenvalue weighted by Gasteiger charge is -2.36. The Morgan fingerprint density at radius 2 is 2.02 bits per heavy atom. The monoisotopic (exact) mass is 661 g/mol. The van der Waals surface area contributed by atoms with E-state index >= 15 is 4.39 Å². The van der Waals surface area contributed by atoms with Gasteiger partial charge in [0.2, 0.25) is 11.6 Å². The van der Waals surface area contributed by atoms with E-state index in [4.69, 9.17) is 4.74 Å². The summed E-state index contributed by atoms with van der Waals surface area (Å²) in [5.41, 5.74) is -0.471. The summed E-state index contributed by atoms with van der Waals surface area (Å²) in [6, 6.07) is 7.97. The second kappa shape index (κ2) is 13.3. The molecule has 17 heteroatoms. The smallest absolute Gasteiger partial charge is 0.305 e. The fourth-order valence-corrected chi connectivity index (χ4v) is 7.08. The minimum absolute atomic E-state index is 0.00510. The zero-order valence-corrected chi connectivity index (χ0v) is 25.8. The van der Waals surface area contributed by atoms with Gasteiger partial charge in [-0.1, -0.05) is 12.1 Å². The Kier molecular flexibility index (Phi) is 9.50. The number of aliphatic hydroxyl groups is 1. The van der Waals surface area contributed by atoms with Crippen molar-refractivity contribution in [3.05, 3.63) is 75.5 Å². The maximum atomic E-state index is 15.4. The molecule has 45 heavy (non-hydrogen) atoms. The number of piperidine rings is 1. The number of aromatic amines is 1. The Morgan fingerprint density at radius 3 is 2.69 bits per heavy atom. The van der Waals surface area contributed by atoms with Crippen molar-refractivity contribution in [2.75, 3.05) is 30.5 Å². The summed E-state index contributed by atoms with van der Waals surface area (Å²) in [6.07, 6.45) is 2.53. The van der Waals surface area contributed by atoms with Crippen LogP contribution in [0.1, 0.15) is 30.5 Å². The average Bonchev–Trinajstić information content (AvgIpc) is 3.42. The van der Waals surface area contributed by atoms with Gasteiger partial charge in [-0.2, -0.15) is 9.49 Å². The van der Waals surface area contributed by atoms with Crippen molar-refractivity contribution in [1.29, 1.82) is 0 Å². The molecule has 1 unspecified atom stereocenters. The van der Waals surface area contributed by atoms with E-state index in [0.717, 1.165) is 54.9 Å². The molecule has 3 heterocycles. The van der Waals surface area contributed by atoms with Crippen molar-refractivity contribution < 1.29 is 32.0 Å². The number of rotatable bonds is 11. The maximum absolute atomic E-state index is 15.4. The van der Waals surface area contributed by atoms with E-state index in [2.05, 4.69) is 25.5 Å². The van der Waals surface area contributed by atoms with Crippen molar-refractivity contribution in [3.63, 3.8) is 0 Å². The van der Waals surface area contributed by atoms with Crippen LogP contribution in [-0.2, 0) is 15.6 Å². The number of aliphatic hydroxyl groups excluding tert-OH is 1. The predicted molar refractivity (Wildman–Crippen MR) is 162 cm³/mol.